The Morgan fingerprint density at radius 2 is 2.15 bits per heavy atom. The molecule has 1 saturated heterocycles. The number of nitrogens with two attached hydrogens (primary N) is 1. The number of ether oxygens (including phenoxy) is 1. The van der Waals surface area contributed by atoms with Crippen LogP contribution in [0.2, 0.25) is 0 Å². The summed E-state index contributed by atoms with van der Waals surface area (Å²) in [5.74, 6) is -0.489. The third-order valence-electron chi connectivity index (χ3n) is 3.41. The Balaban J connectivity index is 1.98. The number of aliphatic hydroxyl groups is 1. The number of rotatable bonds is 5. The van der Waals surface area contributed by atoms with Crippen LogP contribution in [0.4, 0.5) is 0 Å². The number of para-hydroxylation sites is 1. The average molecular weight is 278 g/mol. The monoisotopic (exact) mass is 278 g/mol. The topological polar surface area (TPSA) is 92.9 Å². The molecule has 0 radical (unpaired) electrons. The van der Waals surface area contributed by atoms with E-state index in [9.17, 15) is 14.7 Å². The van der Waals surface area contributed by atoms with Crippen LogP contribution >= 0.6 is 0 Å². The molecule has 108 valence electrons. The molecule has 2 rings (SSSR count). The summed E-state index contributed by atoms with van der Waals surface area (Å²) in [6, 6.07) is 6.41. The van der Waals surface area contributed by atoms with E-state index in [1.807, 2.05) is 0 Å². The van der Waals surface area contributed by atoms with Gasteiger partial charge in [0.25, 0.3) is 11.8 Å². The van der Waals surface area contributed by atoms with Crippen molar-refractivity contribution in [1.82, 2.24) is 4.90 Å². The van der Waals surface area contributed by atoms with E-state index >= 15 is 0 Å². The largest absolute Gasteiger partial charge is 0.483 e. The van der Waals surface area contributed by atoms with Gasteiger partial charge in [-0.05, 0) is 25.0 Å². The molecule has 1 aliphatic heterocycles. The second kappa shape index (κ2) is 6.38. The van der Waals surface area contributed by atoms with Crippen LogP contribution in [0.15, 0.2) is 24.3 Å². The predicted molar refractivity (Wildman–Crippen MR) is 72.3 cm³/mol. The predicted octanol–water partition coefficient (Wildman–Crippen LogP) is 0.148. The first kappa shape index (κ1) is 14.3. The zero-order chi connectivity index (χ0) is 14.5. The molecule has 1 fully saturated rings. The molecule has 2 amide bonds. The molecule has 0 spiro atoms. The number of hydrogen-bond donors (Lipinski definition) is 2. The number of likely N-dealkylation sites (tertiary alicyclic amines) is 1. The van der Waals surface area contributed by atoms with E-state index in [1.54, 1.807) is 29.2 Å². The van der Waals surface area contributed by atoms with Gasteiger partial charge in [0.05, 0.1) is 18.2 Å². The number of carbonyl (C=O) groups is 2. The molecule has 0 aliphatic carbocycles. The second-order valence-electron chi connectivity index (χ2n) is 4.71. The standard InChI is InChI=1S/C14H18N2O4/c15-14(19)11-5-1-2-6-12(11)20-9-13(18)16-7-3-4-10(16)8-17/h1-2,5-6,10,17H,3-4,7-9H2,(H2,15,19)/t10-/m1/s1. The molecule has 1 atom stereocenters. The van der Waals surface area contributed by atoms with Crippen LogP contribution < -0.4 is 10.5 Å². The molecule has 0 bridgehead atoms. The highest BCUT2D eigenvalue weighted by Crippen LogP contribution is 2.19. The molecule has 1 aliphatic rings. The van der Waals surface area contributed by atoms with Gasteiger partial charge < -0.3 is 20.5 Å². The van der Waals surface area contributed by atoms with E-state index < -0.39 is 5.91 Å². The van der Waals surface area contributed by atoms with Gasteiger partial charge in [-0.1, -0.05) is 12.1 Å². The van der Waals surface area contributed by atoms with Crippen molar-refractivity contribution in [2.24, 2.45) is 5.73 Å². The van der Waals surface area contributed by atoms with Crippen LogP contribution in [0.1, 0.15) is 23.2 Å². The van der Waals surface area contributed by atoms with E-state index in [0.29, 0.717) is 12.3 Å². The smallest absolute Gasteiger partial charge is 0.260 e. The van der Waals surface area contributed by atoms with Crippen molar-refractivity contribution in [3.8, 4) is 5.75 Å². The van der Waals surface area contributed by atoms with Gasteiger partial charge in [0.2, 0.25) is 0 Å². The lowest BCUT2D eigenvalue weighted by Gasteiger charge is -2.23. The zero-order valence-corrected chi connectivity index (χ0v) is 11.1. The van der Waals surface area contributed by atoms with Gasteiger partial charge in [-0.3, -0.25) is 9.59 Å². The Morgan fingerprint density at radius 1 is 1.40 bits per heavy atom. The fraction of sp³-hybridized carbons (Fsp3) is 0.429. The molecule has 0 saturated carbocycles. The summed E-state index contributed by atoms with van der Waals surface area (Å²) in [5.41, 5.74) is 5.49. The minimum Gasteiger partial charge on any atom is -0.483 e. The normalized spacial score (nSPS) is 18.1. The fourth-order valence-corrected chi connectivity index (χ4v) is 2.37. The summed E-state index contributed by atoms with van der Waals surface area (Å²) in [6.45, 7) is 0.426. The first-order valence-corrected chi connectivity index (χ1v) is 6.55. The summed E-state index contributed by atoms with van der Waals surface area (Å²) in [7, 11) is 0. The van der Waals surface area contributed by atoms with Crippen molar-refractivity contribution in [3.05, 3.63) is 29.8 Å². The zero-order valence-electron chi connectivity index (χ0n) is 11.1. The highest BCUT2D eigenvalue weighted by atomic mass is 16.5. The van der Waals surface area contributed by atoms with Crippen molar-refractivity contribution < 1.29 is 19.4 Å². The summed E-state index contributed by atoms with van der Waals surface area (Å²) < 4.78 is 5.39. The van der Waals surface area contributed by atoms with E-state index in [-0.39, 0.29) is 30.7 Å². The maximum absolute atomic E-state index is 12.0. The molecular formula is C14H18N2O4. The molecule has 1 heterocycles. The van der Waals surface area contributed by atoms with Crippen molar-refractivity contribution in [2.75, 3.05) is 19.8 Å². The number of hydrogen-bond acceptors (Lipinski definition) is 4. The Hall–Kier alpha value is -2.08. The van der Waals surface area contributed by atoms with E-state index in [1.165, 1.54) is 0 Å². The van der Waals surface area contributed by atoms with Crippen LogP contribution in [0.25, 0.3) is 0 Å². The minimum absolute atomic E-state index is 0.0381. The average Bonchev–Trinajstić information content (AvgIpc) is 2.93. The minimum atomic E-state index is -0.595. The maximum Gasteiger partial charge on any atom is 0.260 e. The highest BCUT2D eigenvalue weighted by molar-refractivity contribution is 5.95. The van der Waals surface area contributed by atoms with Crippen molar-refractivity contribution >= 4 is 11.8 Å². The number of benzene rings is 1. The molecule has 20 heavy (non-hydrogen) atoms. The summed E-state index contributed by atoms with van der Waals surface area (Å²) in [5, 5.41) is 9.19. The van der Waals surface area contributed by atoms with Gasteiger partial charge in [-0.15, -0.1) is 0 Å². The van der Waals surface area contributed by atoms with E-state index in [0.717, 1.165) is 12.8 Å². The Kier molecular flexibility index (Phi) is 4.57. The van der Waals surface area contributed by atoms with Gasteiger partial charge >= 0.3 is 0 Å². The first-order valence-electron chi connectivity index (χ1n) is 6.55. The van der Waals surface area contributed by atoms with Crippen LogP contribution in [0.5, 0.6) is 5.75 Å². The lowest BCUT2D eigenvalue weighted by atomic mass is 10.2. The van der Waals surface area contributed by atoms with Crippen LogP contribution in [-0.2, 0) is 4.79 Å². The molecule has 6 heteroatoms. The van der Waals surface area contributed by atoms with Crippen molar-refractivity contribution in [1.29, 1.82) is 0 Å². The van der Waals surface area contributed by atoms with Gasteiger partial charge in [0, 0.05) is 6.54 Å². The van der Waals surface area contributed by atoms with Gasteiger partial charge in [-0.25, -0.2) is 0 Å². The number of amides is 2. The second-order valence-corrected chi connectivity index (χ2v) is 4.71. The molecule has 0 aromatic heterocycles. The number of aliphatic hydroxyl groups excluding tert-OH is 1. The van der Waals surface area contributed by atoms with Crippen molar-refractivity contribution in [3.63, 3.8) is 0 Å². The Bertz CT molecular complexity index is 504. The van der Waals surface area contributed by atoms with Crippen LogP contribution in [0.3, 0.4) is 0 Å². The van der Waals surface area contributed by atoms with E-state index in [4.69, 9.17) is 10.5 Å². The molecule has 6 nitrogen and oxygen atoms in total. The molecular weight excluding hydrogens is 260 g/mol. The number of nitrogens with zero attached hydrogens (tertiary/aromatic N) is 1. The van der Waals surface area contributed by atoms with Gasteiger partial charge in [0.15, 0.2) is 6.61 Å². The summed E-state index contributed by atoms with van der Waals surface area (Å²) in [6.07, 6.45) is 1.69. The molecule has 0 unspecified atom stereocenters. The summed E-state index contributed by atoms with van der Waals surface area (Å²) >= 11 is 0. The van der Waals surface area contributed by atoms with Crippen LogP contribution in [-0.4, -0.2) is 47.6 Å². The Labute approximate surface area is 117 Å². The number of primary amides is 1. The number of carbonyl (C=O) groups excluding carboxylic acids is 2. The first-order chi connectivity index (χ1) is 9.63. The lowest BCUT2D eigenvalue weighted by molar-refractivity contribution is -0.134. The van der Waals surface area contributed by atoms with E-state index in [2.05, 4.69) is 0 Å². The lowest BCUT2D eigenvalue weighted by Crippen LogP contribution is -2.40. The third-order valence-corrected chi connectivity index (χ3v) is 3.41. The van der Waals surface area contributed by atoms with Crippen LogP contribution in [0, 0.1) is 0 Å². The molecule has 3 N–H and O–H groups in total. The summed E-state index contributed by atoms with van der Waals surface area (Å²) in [4.78, 5) is 24.9. The fourth-order valence-electron chi connectivity index (χ4n) is 2.37. The third kappa shape index (κ3) is 3.08. The maximum atomic E-state index is 12.0. The van der Waals surface area contributed by atoms with Gasteiger partial charge in [0.1, 0.15) is 5.75 Å². The van der Waals surface area contributed by atoms with Gasteiger partial charge in [-0.2, -0.15) is 0 Å². The SMILES string of the molecule is NC(=O)c1ccccc1OCC(=O)N1CCC[C@@H]1CO. The molecule has 1 aromatic rings. The highest BCUT2D eigenvalue weighted by Gasteiger charge is 2.28. The Morgan fingerprint density at radius 3 is 2.85 bits per heavy atom. The molecule has 1 aromatic carbocycles. The quantitative estimate of drug-likeness (QED) is 0.801. The van der Waals surface area contributed by atoms with Crippen molar-refractivity contribution in [2.45, 2.75) is 18.9 Å².